The Morgan fingerprint density at radius 1 is 1.00 bits per heavy atom. The van der Waals surface area contributed by atoms with Crippen LogP contribution in [0.25, 0.3) is 0 Å². The Balaban J connectivity index is 4.80. The molecule has 0 fully saturated rings. The van der Waals surface area contributed by atoms with E-state index in [1.54, 1.807) is 13.8 Å². The van der Waals surface area contributed by atoms with Crippen LogP contribution in [0.2, 0.25) is 0 Å². The molecule has 0 rings (SSSR count). The Hall–Kier alpha value is -1.15. The maximum absolute atomic E-state index is 11.9. The molecular formula is C14H26O7S. The minimum Gasteiger partial charge on any atom is -0.463 e. The Morgan fingerprint density at radius 2 is 1.45 bits per heavy atom. The van der Waals surface area contributed by atoms with E-state index in [2.05, 4.69) is 0 Å². The summed E-state index contributed by atoms with van der Waals surface area (Å²) in [6, 6.07) is 0. The second-order valence-electron chi connectivity index (χ2n) is 5.33. The molecule has 0 aromatic carbocycles. The van der Waals surface area contributed by atoms with Gasteiger partial charge in [0.15, 0.2) is 5.25 Å². The average molecular weight is 338 g/mol. The first-order valence-electron chi connectivity index (χ1n) is 7.48. The number of rotatable bonds is 10. The van der Waals surface area contributed by atoms with Gasteiger partial charge in [-0.15, -0.1) is 0 Å². The second-order valence-corrected chi connectivity index (χ2v) is 6.93. The van der Waals surface area contributed by atoms with Crippen LogP contribution in [0.3, 0.4) is 0 Å². The minimum atomic E-state index is -4.74. The number of ether oxygens (including phenoxy) is 2. The molecule has 0 amide bonds. The summed E-state index contributed by atoms with van der Waals surface area (Å²) >= 11 is 0. The van der Waals surface area contributed by atoms with Gasteiger partial charge in [-0.25, -0.2) is 0 Å². The Labute approximate surface area is 132 Å². The lowest BCUT2D eigenvalue weighted by molar-refractivity contribution is -0.155. The van der Waals surface area contributed by atoms with E-state index in [4.69, 9.17) is 14.0 Å². The highest BCUT2D eigenvalue weighted by atomic mass is 32.2. The topological polar surface area (TPSA) is 107 Å². The first-order chi connectivity index (χ1) is 10.1. The molecular weight excluding hydrogens is 312 g/mol. The Kier molecular flexibility index (Phi) is 9.27. The molecule has 0 spiro atoms. The van der Waals surface area contributed by atoms with Crippen molar-refractivity contribution in [2.24, 2.45) is 0 Å². The molecule has 0 saturated heterocycles. The monoisotopic (exact) mass is 338 g/mol. The fraction of sp³-hybridized carbons (Fsp3) is 0.857. The number of carbonyl (C=O) groups excluding carboxylic acids is 2. The smallest absolute Gasteiger partial charge is 0.327 e. The lowest BCUT2D eigenvalue weighted by Gasteiger charge is -2.18. The molecule has 0 radical (unpaired) electrons. The van der Waals surface area contributed by atoms with Crippen molar-refractivity contribution in [3.05, 3.63) is 0 Å². The summed E-state index contributed by atoms with van der Waals surface area (Å²) in [6.07, 6.45) is 1.10. The minimum absolute atomic E-state index is 0.380. The molecule has 3 atom stereocenters. The van der Waals surface area contributed by atoms with E-state index < -0.39 is 39.8 Å². The van der Waals surface area contributed by atoms with E-state index in [1.807, 2.05) is 13.8 Å². The fourth-order valence-electron chi connectivity index (χ4n) is 1.94. The zero-order chi connectivity index (χ0) is 17.3. The van der Waals surface area contributed by atoms with Crippen LogP contribution in [0.5, 0.6) is 0 Å². The van der Waals surface area contributed by atoms with Crippen LogP contribution >= 0.6 is 0 Å². The van der Waals surface area contributed by atoms with Crippen molar-refractivity contribution in [3.63, 3.8) is 0 Å². The van der Waals surface area contributed by atoms with Gasteiger partial charge >= 0.3 is 11.9 Å². The van der Waals surface area contributed by atoms with Crippen molar-refractivity contribution in [1.29, 1.82) is 0 Å². The van der Waals surface area contributed by atoms with E-state index in [9.17, 15) is 18.0 Å². The van der Waals surface area contributed by atoms with Crippen molar-refractivity contribution in [3.8, 4) is 0 Å². The third-order valence-corrected chi connectivity index (χ3v) is 4.09. The van der Waals surface area contributed by atoms with Gasteiger partial charge in [0.1, 0.15) is 0 Å². The first-order valence-corrected chi connectivity index (χ1v) is 8.98. The molecule has 0 saturated carbocycles. The molecule has 3 unspecified atom stereocenters. The highest BCUT2D eigenvalue weighted by Crippen LogP contribution is 2.13. The van der Waals surface area contributed by atoms with Gasteiger partial charge in [0.2, 0.25) is 0 Å². The predicted molar refractivity (Wildman–Crippen MR) is 80.9 cm³/mol. The Morgan fingerprint density at radius 3 is 1.86 bits per heavy atom. The Bertz CT molecular complexity index is 458. The molecule has 0 bridgehead atoms. The molecule has 7 nitrogen and oxygen atoms in total. The van der Waals surface area contributed by atoms with Crippen molar-refractivity contribution < 1.29 is 32.0 Å². The van der Waals surface area contributed by atoms with Crippen LogP contribution in [0.15, 0.2) is 0 Å². The second kappa shape index (κ2) is 9.78. The summed E-state index contributed by atoms with van der Waals surface area (Å²) in [5, 5.41) is -1.95. The van der Waals surface area contributed by atoms with Crippen LogP contribution < -0.4 is 0 Å². The average Bonchev–Trinajstić information content (AvgIpc) is 2.34. The summed E-state index contributed by atoms with van der Waals surface area (Å²) in [6.45, 7) is 7.09. The van der Waals surface area contributed by atoms with Gasteiger partial charge in [0.05, 0.1) is 18.6 Å². The van der Waals surface area contributed by atoms with E-state index in [0.29, 0.717) is 12.8 Å². The number of hydrogen-bond donors (Lipinski definition) is 1. The molecule has 8 heteroatoms. The zero-order valence-electron chi connectivity index (χ0n) is 13.6. The third kappa shape index (κ3) is 8.33. The van der Waals surface area contributed by atoms with Crippen molar-refractivity contribution in [1.82, 2.24) is 0 Å². The first kappa shape index (κ1) is 20.9. The zero-order valence-corrected chi connectivity index (χ0v) is 14.4. The normalized spacial score (nSPS) is 15.7. The number of carbonyl (C=O) groups is 2. The highest BCUT2D eigenvalue weighted by Gasteiger charge is 2.36. The third-order valence-electron chi connectivity index (χ3n) is 3.01. The lowest BCUT2D eigenvalue weighted by atomic mass is 10.2. The molecule has 130 valence electrons. The maximum atomic E-state index is 11.9. The SMILES string of the molecule is CCCC(C)OC(=O)CC(C(=O)OC(C)CCC)S(=O)(=O)O. The van der Waals surface area contributed by atoms with Gasteiger partial charge < -0.3 is 9.47 Å². The molecule has 0 aliphatic heterocycles. The molecule has 1 N–H and O–H groups in total. The van der Waals surface area contributed by atoms with E-state index in [0.717, 1.165) is 12.8 Å². The molecule has 0 heterocycles. The molecule has 0 aliphatic rings. The van der Waals surface area contributed by atoms with Crippen molar-refractivity contribution >= 4 is 22.1 Å². The van der Waals surface area contributed by atoms with Gasteiger partial charge in [0.25, 0.3) is 10.1 Å². The summed E-state index contributed by atoms with van der Waals surface area (Å²) in [5.41, 5.74) is 0. The van der Waals surface area contributed by atoms with Crippen LogP contribution in [0.4, 0.5) is 0 Å². The standard InChI is InChI=1S/C14H26O7S/c1-5-7-10(3)20-13(15)9-12(22(17,18)19)14(16)21-11(4)8-6-2/h10-12H,5-9H2,1-4H3,(H,17,18,19). The van der Waals surface area contributed by atoms with Crippen LogP contribution in [0.1, 0.15) is 59.8 Å². The van der Waals surface area contributed by atoms with Crippen LogP contribution in [-0.2, 0) is 29.2 Å². The summed E-state index contributed by atoms with van der Waals surface area (Å²) < 4.78 is 41.7. The quantitative estimate of drug-likeness (QED) is 0.480. The van der Waals surface area contributed by atoms with Gasteiger partial charge in [-0.2, -0.15) is 8.42 Å². The lowest BCUT2D eigenvalue weighted by Crippen LogP contribution is -2.36. The summed E-state index contributed by atoms with van der Waals surface area (Å²) in [7, 11) is -4.74. The fourth-order valence-corrected chi connectivity index (χ4v) is 2.58. The molecule has 0 aliphatic carbocycles. The van der Waals surface area contributed by atoms with E-state index >= 15 is 0 Å². The van der Waals surface area contributed by atoms with Crippen molar-refractivity contribution in [2.75, 3.05) is 0 Å². The highest BCUT2D eigenvalue weighted by molar-refractivity contribution is 7.87. The predicted octanol–water partition coefficient (Wildman–Crippen LogP) is 2.10. The molecule has 22 heavy (non-hydrogen) atoms. The summed E-state index contributed by atoms with van der Waals surface area (Å²) in [5.74, 6) is -1.99. The van der Waals surface area contributed by atoms with E-state index in [-0.39, 0.29) is 6.10 Å². The van der Waals surface area contributed by atoms with Gasteiger partial charge in [0, 0.05) is 0 Å². The van der Waals surface area contributed by atoms with Crippen LogP contribution in [-0.4, -0.2) is 42.4 Å². The number of esters is 2. The van der Waals surface area contributed by atoms with Gasteiger partial charge in [-0.3, -0.25) is 14.1 Å². The van der Waals surface area contributed by atoms with Crippen LogP contribution in [0, 0.1) is 0 Å². The molecule has 0 aromatic rings. The molecule has 0 aromatic heterocycles. The van der Waals surface area contributed by atoms with E-state index in [1.165, 1.54) is 0 Å². The maximum Gasteiger partial charge on any atom is 0.327 e. The summed E-state index contributed by atoms with van der Waals surface area (Å²) in [4.78, 5) is 23.5. The van der Waals surface area contributed by atoms with Crippen molar-refractivity contribution in [2.45, 2.75) is 77.3 Å². The number of hydrogen-bond acceptors (Lipinski definition) is 6. The largest absolute Gasteiger partial charge is 0.463 e. The van der Waals surface area contributed by atoms with Gasteiger partial charge in [-0.1, -0.05) is 26.7 Å². The van der Waals surface area contributed by atoms with Gasteiger partial charge in [-0.05, 0) is 26.7 Å².